The number of nitrogens with one attached hydrogen (secondary N) is 2. The fourth-order valence-electron chi connectivity index (χ4n) is 5.45. The van der Waals surface area contributed by atoms with E-state index in [9.17, 15) is 5.11 Å². The molecule has 3 N–H and O–H groups in total. The molecule has 0 aromatic heterocycles. The van der Waals surface area contributed by atoms with Crippen LogP contribution in [0.2, 0.25) is 0 Å². The third kappa shape index (κ3) is 2.51. The maximum Gasteiger partial charge on any atom is 0.0832 e. The molecule has 0 bridgehead atoms. The van der Waals surface area contributed by atoms with Gasteiger partial charge in [-0.3, -0.25) is 5.32 Å². The first-order valence-corrected chi connectivity index (χ1v) is 9.46. The van der Waals surface area contributed by atoms with Crippen LogP contribution in [0.15, 0.2) is 24.3 Å². The van der Waals surface area contributed by atoms with E-state index in [0.29, 0.717) is 0 Å². The van der Waals surface area contributed by atoms with Crippen molar-refractivity contribution >= 4 is 0 Å². The summed E-state index contributed by atoms with van der Waals surface area (Å²) < 4.78 is 5.55. The van der Waals surface area contributed by atoms with E-state index in [2.05, 4.69) is 34.9 Å². The molecule has 1 aliphatic heterocycles. The van der Waals surface area contributed by atoms with Crippen molar-refractivity contribution in [2.75, 3.05) is 26.8 Å². The SMILES string of the molecule is COCC1(N[C@@H]2c3ccccc3C3(CCNCC3)[C@H]2O)CCCC1. The van der Waals surface area contributed by atoms with Crippen LogP contribution in [-0.2, 0) is 10.2 Å². The van der Waals surface area contributed by atoms with Crippen LogP contribution in [0.5, 0.6) is 0 Å². The smallest absolute Gasteiger partial charge is 0.0832 e. The van der Waals surface area contributed by atoms with Crippen LogP contribution in [0.4, 0.5) is 0 Å². The first-order valence-electron chi connectivity index (χ1n) is 9.46. The lowest BCUT2D eigenvalue weighted by Crippen LogP contribution is -2.53. The van der Waals surface area contributed by atoms with Gasteiger partial charge >= 0.3 is 0 Å². The van der Waals surface area contributed by atoms with E-state index >= 15 is 0 Å². The molecule has 132 valence electrons. The second-order valence-corrected chi connectivity index (χ2v) is 7.98. The second-order valence-electron chi connectivity index (χ2n) is 7.98. The Morgan fingerprint density at radius 3 is 2.58 bits per heavy atom. The van der Waals surface area contributed by atoms with Crippen molar-refractivity contribution < 1.29 is 9.84 Å². The van der Waals surface area contributed by atoms with E-state index < -0.39 is 0 Å². The minimum Gasteiger partial charge on any atom is -0.390 e. The summed E-state index contributed by atoms with van der Waals surface area (Å²) in [6.45, 7) is 2.70. The van der Waals surface area contributed by atoms with Gasteiger partial charge in [-0.05, 0) is 49.9 Å². The molecule has 24 heavy (non-hydrogen) atoms. The molecule has 4 nitrogen and oxygen atoms in total. The average molecular weight is 330 g/mol. The number of rotatable bonds is 4. The summed E-state index contributed by atoms with van der Waals surface area (Å²) in [5, 5.41) is 18.7. The second kappa shape index (κ2) is 6.41. The number of methoxy groups -OCH3 is 1. The lowest BCUT2D eigenvalue weighted by Gasteiger charge is -2.41. The Morgan fingerprint density at radius 1 is 1.17 bits per heavy atom. The van der Waals surface area contributed by atoms with Gasteiger partial charge in [0, 0.05) is 18.1 Å². The molecule has 1 aromatic rings. The fourth-order valence-corrected chi connectivity index (χ4v) is 5.45. The maximum absolute atomic E-state index is 11.4. The van der Waals surface area contributed by atoms with Crippen LogP contribution in [0, 0.1) is 0 Å². The third-order valence-electron chi connectivity index (χ3n) is 6.65. The summed E-state index contributed by atoms with van der Waals surface area (Å²) in [4.78, 5) is 0. The summed E-state index contributed by atoms with van der Waals surface area (Å²) in [7, 11) is 1.79. The van der Waals surface area contributed by atoms with Gasteiger partial charge in [0.1, 0.15) is 0 Å². The highest BCUT2D eigenvalue weighted by Crippen LogP contribution is 2.51. The summed E-state index contributed by atoms with van der Waals surface area (Å²) in [5.41, 5.74) is 2.59. The van der Waals surface area contributed by atoms with E-state index in [1.54, 1.807) is 7.11 Å². The topological polar surface area (TPSA) is 53.5 Å². The number of hydrogen-bond donors (Lipinski definition) is 3. The Morgan fingerprint density at radius 2 is 1.88 bits per heavy atom. The number of hydrogen-bond acceptors (Lipinski definition) is 4. The number of aliphatic hydroxyl groups is 1. The molecule has 1 spiro atoms. The summed E-state index contributed by atoms with van der Waals surface area (Å²) in [6.07, 6.45) is 6.44. The van der Waals surface area contributed by atoms with Gasteiger partial charge in [-0.15, -0.1) is 0 Å². The summed E-state index contributed by atoms with van der Waals surface area (Å²) in [5.74, 6) is 0. The Hall–Kier alpha value is -0.940. The largest absolute Gasteiger partial charge is 0.390 e. The van der Waals surface area contributed by atoms with E-state index in [1.165, 1.54) is 24.0 Å². The zero-order valence-corrected chi connectivity index (χ0v) is 14.7. The van der Waals surface area contributed by atoms with Crippen molar-refractivity contribution in [1.29, 1.82) is 0 Å². The summed E-state index contributed by atoms with van der Waals surface area (Å²) in [6, 6.07) is 8.70. The van der Waals surface area contributed by atoms with Crippen molar-refractivity contribution in [1.82, 2.24) is 10.6 Å². The zero-order chi connectivity index (χ0) is 16.6. The van der Waals surface area contributed by atoms with Crippen LogP contribution >= 0.6 is 0 Å². The lowest BCUT2D eigenvalue weighted by molar-refractivity contribution is 0.0215. The molecule has 1 aromatic carbocycles. The Labute approximate surface area is 145 Å². The molecule has 2 aliphatic carbocycles. The molecule has 1 saturated heterocycles. The Kier molecular flexibility index (Phi) is 4.42. The molecular formula is C20H30N2O2. The van der Waals surface area contributed by atoms with Gasteiger partial charge in [0.25, 0.3) is 0 Å². The van der Waals surface area contributed by atoms with Crippen molar-refractivity contribution in [3.05, 3.63) is 35.4 Å². The summed E-state index contributed by atoms with van der Waals surface area (Å²) >= 11 is 0. The molecule has 2 atom stereocenters. The number of ether oxygens (including phenoxy) is 1. The molecule has 2 fully saturated rings. The van der Waals surface area contributed by atoms with Crippen molar-refractivity contribution in [2.45, 2.75) is 61.6 Å². The first kappa shape index (κ1) is 16.5. The molecule has 4 rings (SSSR count). The van der Waals surface area contributed by atoms with Crippen LogP contribution in [0.25, 0.3) is 0 Å². The fraction of sp³-hybridized carbons (Fsp3) is 0.700. The van der Waals surface area contributed by atoms with Crippen molar-refractivity contribution in [3.8, 4) is 0 Å². The van der Waals surface area contributed by atoms with Gasteiger partial charge in [-0.2, -0.15) is 0 Å². The highest BCUT2D eigenvalue weighted by molar-refractivity contribution is 5.45. The minimum absolute atomic E-state index is 0.0198. The number of aliphatic hydroxyl groups excluding tert-OH is 1. The molecule has 0 radical (unpaired) electrons. The third-order valence-corrected chi connectivity index (χ3v) is 6.65. The van der Waals surface area contributed by atoms with Gasteiger partial charge in [0.15, 0.2) is 0 Å². The van der Waals surface area contributed by atoms with E-state index in [-0.39, 0.29) is 23.1 Å². The van der Waals surface area contributed by atoms with E-state index in [4.69, 9.17) is 4.74 Å². The lowest BCUT2D eigenvalue weighted by atomic mass is 9.72. The van der Waals surface area contributed by atoms with E-state index in [0.717, 1.165) is 45.4 Å². The van der Waals surface area contributed by atoms with Crippen LogP contribution in [0.3, 0.4) is 0 Å². The normalized spacial score (nSPS) is 30.6. The standard InChI is InChI=1S/C20H30N2O2/c1-24-14-19(8-4-5-9-19)22-17-15-6-2-3-7-16(15)20(18(17)23)10-12-21-13-11-20/h2-3,6-7,17-18,21-23H,4-5,8-14H2,1H3/t17-,18+/m1/s1. The molecule has 1 saturated carbocycles. The number of piperidine rings is 1. The highest BCUT2D eigenvalue weighted by Gasteiger charge is 2.53. The molecule has 3 aliphatic rings. The molecular weight excluding hydrogens is 300 g/mol. The van der Waals surface area contributed by atoms with Gasteiger partial charge in [-0.1, -0.05) is 37.1 Å². The highest BCUT2D eigenvalue weighted by atomic mass is 16.5. The Bertz CT molecular complexity index is 577. The van der Waals surface area contributed by atoms with Gasteiger partial charge < -0.3 is 15.2 Å². The Balaban J connectivity index is 1.68. The quantitative estimate of drug-likeness (QED) is 0.793. The van der Waals surface area contributed by atoms with Gasteiger partial charge in [0.05, 0.1) is 18.8 Å². The predicted octanol–water partition coefficient (Wildman–Crippen LogP) is 2.27. The maximum atomic E-state index is 11.4. The van der Waals surface area contributed by atoms with Crippen LogP contribution < -0.4 is 10.6 Å². The van der Waals surface area contributed by atoms with E-state index in [1.807, 2.05) is 0 Å². The van der Waals surface area contributed by atoms with Crippen molar-refractivity contribution in [3.63, 3.8) is 0 Å². The first-order chi connectivity index (χ1) is 11.7. The predicted molar refractivity (Wildman–Crippen MR) is 95.2 cm³/mol. The molecule has 4 heteroatoms. The zero-order valence-electron chi connectivity index (χ0n) is 14.7. The number of benzene rings is 1. The van der Waals surface area contributed by atoms with Crippen LogP contribution in [0.1, 0.15) is 55.7 Å². The minimum atomic E-state index is -0.355. The molecule has 1 heterocycles. The monoisotopic (exact) mass is 330 g/mol. The number of fused-ring (bicyclic) bond motifs is 2. The van der Waals surface area contributed by atoms with Crippen LogP contribution in [-0.4, -0.2) is 43.6 Å². The van der Waals surface area contributed by atoms with Gasteiger partial charge in [-0.25, -0.2) is 0 Å². The van der Waals surface area contributed by atoms with Crippen molar-refractivity contribution in [2.24, 2.45) is 0 Å². The molecule has 0 amide bonds. The average Bonchev–Trinajstić information content (AvgIpc) is 3.15. The van der Waals surface area contributed by atoms with Gasteiger partial charge in [0.2, 0.25) is 0 Å². The molecule has 0 unspecified atom stereocenters.